The quantitative estimate of drug-likeness (QED) is 0.140. The summed E-state index contributed by atoms with van der Waals surface area (Å²) in [7, 11) is 3.72. The topological polar surface area (TPSA) is 149 Å². The molecule has 5 N–H and O–H groups in total. The van der Waals surface area contributed by atoms with E-state index in [4.69, 9.17) is 16.8 Å². The van der Waals surface area contributed by atoms with Gasteiger partial charge in [-0.25, -0.2) is 10.2 Å². The molecule has 0 aromatic heterocycles. The molecular formula is C39H54FN7O3. The Balaban J connectivity index is 0.000000380. The van der Waals surface area contributed by atoms with Crippen LogP contribution in [0.5, 0.6) is 0 Å². The predicted molar refractivity (Wildman–Crippen MR) is 199 cm³/mol. The first kappa shape index (κ1) is 43.0. The number of nitrogens with two attached hydrogens (primary N) is 2. The molecule has 3 aromatic rings. The number of hydrogen-bond acceptors (Lipinski definition) is 8. The number of nitriles is 1. The molecule has 11 heteroatoms. The van der Waals surface area contributed by atoms with Gasteiger partial charge in [-0.05, 0) is 67.2 Å². The summed E-state index contributed by atoms with van der Waals surface area (Å²) in [5.41, 5.74) is 9.41. The van der Waals surface area contributed by atoms with E-state index in [1.807, 2.05) is 79.7 Å². The first-order valence-corrected chi connectivity index (χ1v) is 16.4. The second-order valence-corrected chi connectivity index (χ2v) is 13.8. The number of halogens is 1. The number of amides is 2. The molecule has 50 heavy (non-hydrogen) atoms. The number of hydrogen-bond donors (Lipinski definition) is 3. The van der Waals surface area contributed by atoms with E-state index < -0.39 is 6.04 Å². The van der Waals surface area contributed by atoms with Crippen LogP contribution in [0.2, 0.25) is 0 Å². The lowest BCUT2D eigenvalue weighted by Crippen LogP contribution is -2.40. The van der Waals surface area contributed by atoms with Crippen LogP contribution < -0.4 is 16.9 Å². The zero-order chi connectivity index (χ0) is 37.7. The zero-order valence-electron chi connectivity index (χ0n) is 30.4. The summed E-state index contributed by atoms with van der Waals surface area (Å²) in [5, 5.41) is 12.7. The molecule has 0 saturated carbocycles. The van der Waals surface area contributed by atoms with Gasteiger partial charge in [0.15, 0.2) is 0 Å². The highest BCUT2D eigenvalue weighted by Crippen LogP contribution is 2.22. The van der Waals surface area contributed by atoms with Gasteiger partial charge in [0.1, 0.15) is 24.2 Å². The number of likely N-dealkylation sites (tertiary alicyclic amines) is 1. The molecule has 3 unspecified atom stereocenters. The third-order valence-electron chi connectivity index (χ3n) is 6.72. The molecular weight excluding hydrogens is 633 g/mol. The van der Waals surface area contributed by atoms with Gasteiger partial charge in [0.2, 0.25) is 12.3 Å². The lowest BCUT2D eigenvalue weighted by Gasteiger charge is -2.22. The molecule has 1 heterocycles. The number of anilines is 1. The number of hydrazine groups is 1. The van der Waals surface area contributed by atoms with E-state index in [0.717, 1.165) is 36.1 Å². The van der Waals surface area contributed by atoms with Crippen LogP contribution in [0.15, 0.2) is 91.1 Å². The summed E-state index contributed by atoms with van der Waals surface area (Å²) in [6, 6.07) is 26.0. The van der Waals surface area contributed by atoms with E-state index in [1.165, 1.54) is 23.3 Å². The summed E-state index contributed by atoms with van der Waals surface area (Å²) in [6.07, 6.45) is 4.12. The van der Waals surface area contributed by atoms with Crippen LogP contribution in [0.25, 0.3) is 5.70 Å². The van der Waals surface area contributed by atoms with Crippen molar-refractivity contribution >= 4 is 30.0 Å². The lowest BCUT2D eigenvalue weighted by molar-refractivity contribution is -0.131. The van der Waals surface area contributed by atoms with Crippen molar-refractivity contribution in [3.05, 3.63) is 108 Å². The fourth-order valence-corrected chi connectivity index (χ4v) is 4.45. The van der Waals surface area contributed by atoms with E-state index in [2.05, 4.69) is 46.0 Å². The summed E-state index contributed by atoms with van der Waals surface area (Å²) >= 11 is 0. The highest BCUT2D eigenvalue weighted by atomic mass is 19.1. The Labute approximate surface area is 297 Å². The van der Waals surface area contributed by atoms with Gasteiger partial charge in [-0.2, -0.15) is 5.26 Å². The molecule has 1 aliphatic heterocycles. The van der Waals surface area contributed by atoms with Crippen LogP contribution in [0.3, 0.4) is 0 Å². The SMILES string of the molecule is CC(C)(C)C.CC1CC(C#N)N(C(=O)CN(C)C)C1.N/C(=C\N(N)C(C=O)Cc1ccc(F)cc1)c1ccccc1.O=CNc1ccccc1. The van der Waals surface area contributed by atoms with Crippen molar-refractivity contribution in [1.82, 2.24) is 14.8 Å². The molecule has 1 aliphatic rings. The van der Waals surface area contributed by atoms with E-state index in [-0.39, 0.29) is 17.8 Å². The predicted octanol–water partition coefficient (Wildman–Crippen LogP) is 5.68. The van der Waals surface area contributed by atoms with Crippen molar-refractivity contribution in [2.24, 2.45) is 22.9 Å². The number of para-hydroxylation sites is 1. The van der Waals surface area contributed by atoms with Gasteiger partial charge in [-0.1, -0.05) is 95.3 Å². The Bertz CT molecular complexity index is 1480. The first-order valence-electron chi connectivity index (χ1n) is 16.4. The van der Waals surface area contributed by atoms with Crippen molar-refractivity contribution in [2.45, 2.75) is 59.5 Å². The number of nitrogens with one attached hydrogen (secondary N) is 1. The maximum Gasteiger partial charge on any atom is 0.237 e. The van der Waals surface area contributed by atoms with Crippen LogP contribution in [0, 0.1) is 28.5 Å². The Hall–Kier alpha value is -5.05. The van der Waals surface area contributed by atoms with E-state index in [0.29, 0.717) is 36.4 Å². The fourth-order valence-electron chi connectivity index (χ4n) is 4.45. The molecule has 0 aliphatic carbocycles. The summed E-state index contributed by atoms with van der Waals surface area (Å²) in [6.45, 7) is 11.9. The summed E-state index contributed by atoms with van der Waals surface area (Å²) in [5.74, 6) is 6.11. The average molecular weight is 688 g/mol. The monoisotopic (exact) mass is 687 g/mol. The smallest absolute Gasteiger partial charge is 0.237 e. The minimum absolute atomic E-state index is 0.0610. The van der Waals surface area contributed by atoms with Gasteiger partial charge in [-0.3, -0.25) is 9.59 Å². The van der Waals surface area contributed by atoms with Crippen molar-refractivity contribution < 1.29 is 18.8 Å². The average Bonchev–Trinajstić information content (AvgIpc) is 3.46. The molecule has 3 aromatic carbocycles. The third-order valence-corrected chi connectivity index (χ3v) is 6.72. The Morgan fingerprint density at radius 1 is 1.02 bits per heavy atom. The van der Waals surface area contributed by atoms with Crippen LogP contribution in [0.1, 0.15) is 52.2 Å². The molecule has 1 saturated heterocycles. The standard InChI is InChI=1S/C17H18FN3O.C10H17N3O.C7H7NO.C5H12/c18-15-8-6-13(7-9-15)10-16(12-22)21(20)11-17(19)14-4-2-1-3-5-14;1-8-4-9(5-11)13(6-8)10(14)7-12(2)3;9-6-8-7-4-2-1-3-5-7;1-5(2,3)4/h1-9,11-12,16H,10,19-20H2;8-9H,4,6-7H2,1-3H3;1-6H,(H,8,9);1-4H3/b17-11-;;;. The maximum absolute atomic E-state index is 12.9. The van der Waals surface area contributed by atoms with Gasteiger partial charge >= 0.3 is 0 Å². The Kier molecular flexibility index (Phi) is 19.4. The van der Waals surface area contributed by atoms with Gasteiger partial charge in [0.25, 0.3) is 0 Å². The van der Waals surface area contributed by atoms with Crippen LogP contribution >= 0.6 is 0 Å². The fraction of sp³-hybridized carbons (Fsp3) is 0.385. The second-order valence-electron chi connectivity index (χ2n) is 13.8. The molecule has 2 amide bonds. The Morgan fingerprint density at radius 2 is 1.56 bits per heavy atom. The summed E-state index contributed by atoms with van der Waals surface area (Å²) in [4.78, 5) is 36.4. The maximum atomic E-state index is 12.9. The Morgan fingerprint density at radius 3 is 2.04 bits per heavy atom. The van der Waals surface area contributed by atoms with Crippen LogP contribution in [-0.4, -0.2) is 72.7 Å². The van der Waals surface area contributed by atoms with E-state index >= 15 is 0 Å². The number of carbonyl (C=O) groups excluding carboxylic acids is 3. The number of rotatable bonds is 10. The lowest BCUT2D eigenvalue weighted by atomic mass is 10.0. The minimum Gasteiger partial charge on any atom is -0.397 e. The zero-order valence-corrected chi connectivity index (χ0v) is 30.4. The third kappa shape index (κ3) is 18.5. The molecule has 3 atom stereocenters. The number of aldehydes is 1. The van der Waals surface area contributed by atoms with Crippen molar-refractivity contribution in [2.75, 3.05) is 32.5 Å². The molecule has 0 radical (unpaired) electrons. The second kappa shape index (κ2) is 22.6. The van der Waals surface area contributed by atoms with Gasteiger partial charge in [-0.15, -0.1) is 0 Å². The molecule has 10 nitrogen and oxygen atoms in total. The van der Waals surface area contributed by atoms with Crippen molar-refractivity contribution in [1.29, 1.82) is 5.26 Å². The van der Waals surface area contributed by atoms with Gasteiger partial charge in [0, 0.05) is 24.9 Å². The number of carbonyl (C=O) groups is 3. The van der Waals surface area contributed by atoms with E-state index in [1.54, 1.807) is 17.0 Å². The van der Waals surface area contributed by atoms with Crippen LogP contribution in [0.4, 0.5) is 10.1 Å². The number of benzene rings is 3. The minimum atomic E-state index is -0.576. The molecule has 1 fully saturated rings. The summed E-state index contributed by atoms with van der Waals surface area (Å²) < 4.78 is 12.9. The molecule has 0 bridgehead atoms. The van der Waals surface area contributed by atoms with Gasteiger partial charge < -0.3 is 30.7 Å². The highest BCUT2D eigenvalue weighted by molar-refractivity contribution is 5.79. The van der Waals surface area contributed by atoms with Gasteiger partial charge in [0.05, 0.1) is 18.3 Å². The van der Waals surface area contributed by atoms with Crippen molar-refractivity contribution in [3.63, 3.8) is 0 Å². The molecule has 0 spiro atoms. The highest BCUT2D eigenvalue weighted by Gasteiger charge is 2.32. The number of nitrogens with zero attached hydrogens (tertiary/aromatic N) is 4. The largest absolute Gasteiger partial charge is 0.397 e. The van der Waals surface area contributed by atoms with Crippen molar-refractivity contribution in [3.8, 4) is 6.07 Å². The van der Waals surface area contributed by atoms with Crippen LogP contribution in [-0.2, 0) is 20.8 Å². The normalized spacial score (nSPS) is 15.8. The molecule has 4 rings (SSSR count). The first-order chi connectivity index (χ1) is 23.6. The van der Waals surface area contributed by atoms with E-state index in [9.17, 15) is 18.8 Å². The number of likely N-dealkylation sites (N-methyl/N-ethyl adjacent to an activating group) is 1. The molecule has 270 valence electrons.